The van der Waals surface area contributed by atoms with E-state index in [1.165, 1.54) is 21.9 Å². The summed E-state index contributed by atoms with van der Waals surface area (Å²) in [6.45, 7) is 4.35. The fraction of sp³-hybridized carbons (Fsp3) is 0.250. The van der Waals surface area contributed by atoms with Crippen molar-refractivity contribution in [1.29, 1.82) is 0 Å². The Bertz CT molecular complexity index is 492. The van der Waals surface area contributed by atoms with E-state index in [4.69, 9.17) is 0 Å². The Kier molecular flexibility index (Phi) is 4.30. The van der Waals surface area contributed by atoms with Gasteiger partial charge in [0, 0.05) is 0 Å². The highest BCUT2D eigenvalue weighted by molar-refractivity contribution is 5.86. The van der Waals surface area contributed by atoms with E-state index in [2.05, 4.69) is 62.4 Å². The van der Waals surface area contributed by atoms with Crippen LogP contribution in [0.5, 0.6) is 0 Å². The van der Waals surface area contributed by atoms with Crippen LogP contribution in [0, 0.1) is 0 Å². The lowest BCUT2D eigenvalue weighted by molar-refractivity contribution is 1.22. The standard InChI is InChI=1S/C15H16.CH4/c1-3-6-12(2)14-10-9-13-7-4-5-8-15(13)11-14;/h4-11H,3H2,1-2H3;1H4/b12-6+;. The largest absolute Gasteiger partial charge is 0.0813 e. The van der Waals surface area contributed by atoms with Crippen molar-refractivity contribution < 1.29 is 0 Å². The van der Waals surface area contributed by atoms with Crippen molar-refractivity contribution in [2.24, 2.45) is 0 Å². The lowest BCUT2D eigenvalue weighted by Crippen LogP contribution is -1.80. The minimum Gasteiger partial charge on any atom is -0.0813 e. The van der Waals surface area contributed by atoms with Crippen molar-refractivity contribution in [1.82, 2.24) is 0 Å². The van der Waals surface area contributed by atoms with Gasteiger partial charge < -0.3 is 0 Å². The molecule has 0 N–H and O–H groups in total. The molecule has 0 amide bonds. The van der Waals surface area contributed by atoms with Crippen molar-refractivity contribution >= 4 is 16.3 Å². The molecular weight excluding hydrogens is 192 g/mol. The molecule has 0 aliphatic carbocycles. The highest BCUT2D eigenvalue weighted by Crippen LogP contribution is 2.20. The molecule has 0 aliphatic rings. The van der Waals surface area contributed by atoms with Crippen LogP contribution >= 0.6 is 0 Å². The van der Waals surface area contributed by atoms with E-state index in [9.17, 15) is 0 Å². The molecule has 2 aromatic carbocycles. The molecule has 2 aromatic rings. The molecule has 0 saturated carbocycles. The Labute approximate surface area is 98.6 Å². The van der Waals surface area contributed by atoms with Gasteiger partial charge in [0.1, 0.15) is 0 Å². The van der Waals surface area contributed by atoms with E-state index in [1.807, 2.05) is 0 Å². The van der Waals surface area contributed by atoms with Gasteiger partial charge in [-0.3, -0.25) is 0 Å². The van der Waals surface area contributed by atoms with Crippen molar-refractivity contribution in [2.75, 3.05) is 0 Å². The minimum absolute atomic E-state index is 0. The third-order valence-corrected chi connectivity index (χ3v) is 2.72. The van der Waals surface area contributed by atoms with Crippen molar-refractivity contribution in [3.63, 3.8) is 0 Å². The van der Waals surface area contributed by atoms with Crippen molar-refractivity contribution in [3.8, 4) is 0 Å². The first-order valence-electron chi connectivity index (χ1n) is 5.47. The molecule has 0 saturated heterocycles. The fourth-order valence-corrected chi connectivity index (χ4v) is 1.86. The smallest absolute Gasteiger partial charge is 0.0178 e. The molecule has 0 bridgehead atoms. The molecular formula is C16H20. The Morgan fingerprint density at radius 3 is 2.44 bits per heavy atom. The van der Waals surface area contributed by atoms with Crippen LogP contribution in [0.2, 0.25) is 0 Å². The molecule has 0 atom stereocenters. The maximum Gasteiger partial charge on any atom is -0.0178 e. The summed E-state index contributed by atoms with van der Waals surface area (Å²) in [6, 6.07) is 15.1. The monoisotopic (exact) mass is 212 g/mol. The lowest BCUT2D eigenvalue weighted by Gasteiger charge is -2.03. The number of allylic oxidation sites excluding steroid dienone is 2. The number of fused-ring (bicyclic) bond motifs is 1. The van der Waals surface area contributed by atoms with Gasteiger partial charge in [-0.25, -0.2) is 0 Å². The topological polar surface area (TPSA) is 0 Å². The highest BCUT2D eigenvalue weighted by Gasteiger charge is 1.97. The van der Waals surface area contributed by atoms with Crippen molar-refractivity contribution in [2.45, 2.75) is 27.7 Å². The van der Waals surface area contributed by atoms with Crippen LogP contribution in [0.3, 0.4) is 0 Å². The van der Waals surface area contributed by atoms with E-state index >= 15 is 0 Å². The molecule has 0 heteroatoms. The average molecular weight is 212 g/mol. The van der Waals surface area contributed by atoms with E-state index in [-0.39, 0.29) is 7.43 Å². The van der Waals surface area contributed by atoms with Crippen molar-refractivity contribution in [3.05, 3.63) is 54.1 Å². The Hall–Kier alpha value is -1.56. The second-order valence-corrected chi connectivity index (χ2v) is 3.86. The predicted octanol–water partition coefficient (Wildman–Crippen LogP) is 5.29. The SMILES string of the molecule is C.CC/C=C(\C)c1ccc2ccccc2c1. The minimum atomic E-state index is 0. The normalized spacial score (nSPS) is 11.2. The third-order valence-electron chi connectivity index (χ3n) is 2.72. The quantitative estimate of drug-likeness (QED) is 0.634. The Balaban J connectivity index is 0.00000128. The zero-order valence-electron chi connectivity index (χ0n) is 9.33. The van der Waals surface area contributed by atoms with Gasteiger partial charge in [0.05, 0.1) is 0 Å². The van der Waals surface area contributed by atoms with E-state index in [1.54, 1.807) is 0 Å². The molecule has 0 heterocycles. The first kappa shape index (κ1) is 12.5. The Morgan fingerprint density at radius 1 is 1.06 bits per heavy atom. The predicted molar refractivity (Wildman–Crippen MR) is 74.6 cm³/mol. The molecule has 0 radical (unpaired) electrons. The summed E-state index contributed by atoms with van der Waals surface area (Å²) in [5.41, 5.74) is 2.69. The van der Waals surface area contributed by atoms with Crippen LogP contribution in [0.15, 0.2) is 48.5 Å². The molecule has 0 spiro atoms. The first-order chi connectivity index (χ1) is 7.31. The highest BCUT2D eigenvalue weighted by atomic mass is 14.0. The molecule has 0 aliphatic heterocycles. The van der Waals surface area contributed by atoms with Gasteiger partial charge >= 0.3 is 0 Å². The zero-order chi connectivity index (χ0) is 10.7. The summed E-state index contributed by atoms with van der Waals surface area (Å²) < 4.78 is 0. The summed E-state index contributed by atoms with van der Waals surface area (Å²) in [5, 5.41) is 2.63. The number of hydrogen-bond donors (Lipinski definition) is 0. The molecule has 16 heavy (non-hydrogen) atoms. The summed E-state index contributed by atoms with van der Waals surface area (Å²) in [4.78, 5) is 0. The van der Waals surface area contributed by atoms with Gasteiger partial charge in [-0.15, -0.1) is 0 Å². The maximum atomic E-state index is 2.27. The average Bonchev–Trinajstić information content (AvgIpc) is 2.29. The summed E-state index contributed by atoms with van der Waals surface area (Å²) >= 11 is 0. The zero-order valence-corrected chi connectivity index (χ0v) is 9.33. The summed E-state index contributed by atoms with van der Waals surface area (Å²) in [7, 11) is 0. The van der Waals surface area contributed by atoms with E-state index in [0.29, 0.717) is 0 Å². The molecule has 0 aromatic heterocycles. The maximum absolute atomic E-state index is 2.27. The van der Waals surface area contributed by atoms with Gasteiger partial charge in [-0.1, -0.05) is 56.8 Å². The van der Waals surface area contributed by atoms with Crippen LogP contribution in [0.4, 0.5) is 0 Å². The molecule has 84 valence electrons. The van der Waals surface area contributed by atoms with Crippen LogP contribution in [-0.4, -0.2) is 0 Å². The van der Waals surface area contributed by atoms with E-state index in [0.717, 1.165) is 6.42 Å². The third kappa shape index (κ3) is 2.52. The van der Waals surface area contributed by atoms with Crippen LogP contribution in [0.25, 0.3) is 16.3 Å². The molecule has 0 unspecified atom stereocenters. The van der Waals surface area contributed by atoms with E-state index < -0.39 is 0 Å². The molecule has 0 nitrogen and oxygen atoms in total. The van der Waals surface area contributed by atoms with Gasteiger partial charge in [0.25, 0.3) is 0 Å². The number of benzene rings is 2. The lowest BCUT2D eigenvalue weighted by atomic mass is 10.0. The van der Waals surface area contributed by atoms with Gasteiger partial charge in [-0.05, 0) is 41.3 Å². The first-order valence-corrected chi connectivity index (χ1v) is 5.47. The van der Waals surface area contributed by atoms with Gasteiger partial charge in [-0.2, -0.15) is 0 Å². The van der Waals surface area contributed by atoms with Crippen LogP contribution in [-0.2, 0) is 0 Å². The molecule has 2 rings (SSSR count). The fourth-order valence-electron chi connectivity index (χ4n) is 1.86. The molecule has 0 fully saturated rings. The van der Waals surface area contributed by atoms with Gasteiger partial charge in [0.15, 0.2) is 0 Å². The summed E-state index contributed by atoms with van der Waals surface area (Å²) in [5.74, 6) is 0. The number of hydrogen-bond acceptors (Lipinski definition) is 0. The summed E-state index contributed by atoms with van der Waals surface area (Å²) in [6.07, 6.45) is 3.36. The van der Waals surface area contributed by atoms with Crippen LogP contribution < -0.4 is 0 Å². The second-order valence-electron chi connectivity index (χ2n) is 3.86. The second kappa shape index (κ2) is 5.50. The van der Waals surface area contributed by atoms with Gasteiger partial charge in [0.2, 0.25) is 0 Å². The Morgan fingerprint density at radius 2 is 1.75 bits per heavy atom. The number of rotatable bonds is 2. The van der Waals surface area contributed by atoms with Crippen LogP contribution in [0.1, 0.15) is 33.3 Å².